The average molecular weight is 192 g/mol. The van der Waals surface area contributed by atoms with Crippen LogP contribution in [0.25, 0.3) is 10.9 Å². The van der Waals surface area contributed by atoms with Crippen molar-refractivity contribution in [2.24, 2.45) is 0 Å². The lowest BCUT2D eigenvalue weighted by Gasteiger charge is -2.01. The summed E-state index contributed by atoms with van der Waals surface area (Å²) < 4.78 is 13.1. The van der Waals surface area contributed by atoms with E-state index in [1.54, 1.807) is 18.2 Å². The van der Waals surface area contributed by atoms with Crippen molar-refractivity contribution in [2.45, 2.75) is 13.3 Å². The Morgan fingerprint density at radius 3 is 3.00 bits per heavy atom. The van der Waals surface area contributed by atoms with E-state index in [4.69, 9.17) is 0 Å². The zero-order chi connectivity index (χ0) is 10.1. The molecule has 0 saturated carbocycles. The number of halogens is 1. The van der Waals surface area contributed by atoms with Gasteiger partial charge in [-0.15, -0.1) is 0 Å². The molecule has 0 spiro atoms. The molecular formula is C10H9FN2O. The number of hydrogen-bond donors (Lipinski definition) is 0. The molecule has 3 nitrogen and oxygen atoms in total. The molecule has 0 bridgehead atoms. The number of benzene rings is 1. The molecule has 1 aromatic carbocycles. The van der Waals surface area contributed by atoms with Crippen LogP contribution in [0.3, 0.4) is 0 Å². The molecule has 0 aliphatic carbocycles. The third kappa shape index (κ3) is 1.28. The highest BCUT2D eigenvalue weighted by Crippen LogP contribution is 2.12. The van der Waals surface area contributed by atoms with Crippen LogP contribution in [-0.4, -0.2) is 9.77 Å². The Hall–Kier alpha value is -1.71. The van der Waals surface area contributed by atoms with Gasteiger partial charge in [0.05, 0.1) is 10.9 Å². The predicted molar refractivity (Wildman–Crippen MR) is 51.9 cm³/mol. The smallest absolute Gasteiger partial charge is 0.267 e. The summed E-state index contributed by atoms with van der Waals surface area (Å²) in [5, 5.41) is 0.328. The van der Waals surface area contributed by atoms with E-state index in [0.717, 1.165) is 18.3 Å². The number of hydrogen-bond acceptors (Lipinski definition) is 2. The second-order valence-corrected chi connectivity index (χ2v) is 3.07. The van der Waals surface area contributed by atoms with E-state index < -0.39 is 0 Å². The van der Waals surface area contributed by atoms with Gasteiger partial charge in [0.1, 0.15) is 6.33 Å². The summed E-state index contributed by atoms with van der Waals surface area (Å²) in [5.74, 6) is 0. The van der Waals surface area contributed by atoms with Crippen molar-refractivity contribution in [1.82, 2.24) is 9.77 Å². The van der Waals surface area contributed by atoms with Gasteiger partial charge in [-0.2, -0.15) is 9.77 Å². The lowest BCUT2D eigenvalue weighted by molar-refractivity contribution is 0.378. The molecule has 72 valence electrons. The lowest BCUT2D eigenvalue weighted by Crippen LogP contribution is -2.09. The molecule has 0 N–H and O–H groups in total. The van der Waals surface area contributed by atoms with Gasteiger partial charge in [0, 0.05) is 0 Å². The van der Waals surface area contributed by atoms with E-state index in [0.29, 0.717) is 10.2 Å². The summed E-state index contributed by atoms with van der Waals surface area (Å²) in [4.78, 5) is 15.1. The first-order valence-corrected chi connectivity index (χ1v) is 4.39. The molecule has 4 heteroatoms. The highest BCUT2D eigenvalue weighted by atomic mass is 19.2. The Balaban J connectivity index is 2.87. The second-order valence-electron chi connectivity index (χ2n) is 3.07. The van der Waals surface area contributed by atoms with E-state index >= 15 is 0 Å². The summed E-state index contributed by atoms with van der Waals surface area (Å²) in [7, 11) is 0. The van der Waals surface area contributed by atoms with Gasteiger partial charge >= 0.3 is 0 Å². The maximum Gasteiger partial charge on any atom is 0.280 e. The Bertz CT molecular complexity index is 533. The summed E-state index contributed by atoms with van der Waals surface area (Å²) in [6, 6.07) is 5.08. The van der Waals surface area contributed by atoms with Crippen molar-refractivity contribution in [1.29, 1.82) is 0 Å². The zero-order valence-corrected chi connectivity index (χ0v) is 7.70. The number of aryl methyl sites for hydroxylation is 1. The van der Waals surface area contributed by atoms with E-state index in [1.165, 1.54) is 0 Å². The lowest BCUT2D eigenvalue weighted by atomic mass is 10.1. The van der Waals surface area contributed by atoms with Crippen LogP contribution in [0.4, 0.5) is 4.48 Å². The molecule has 0 saturated heterocycles. The molecule has 0 radical (unpaired) electrons. The first-order chi connectivity index (χ1) is 6.72. The van der Waals surface area contributed by atoms with E-state index in [2.05, 4.69) is 4.98 Å². The van der Waals surface area contributed by atoms with Crippen LogP contribution in [0, 0.1) is 0 Å². The molecule has 2 rings (SSSR count). The van der Waals surface area contributed by atoms with Gasteiger partial charge in [-0.3, -0.25) is 4.79 Å². The Morgan fingerprint density at radius 2 is 2.29 bits per heavy atom. The Labute approximate surface area is 79.8 Å². The van der Waals surface area contributed by atoms with Crippen LogP contribution in [0.1, 0.15) is 12.5 Å². The van der Waals surface area contributed by atoms with Crippen LogP contribution in [0.2, 0.25) is 0 Å². The van der Waals surface area contributed by atoms with Crippen molar-refractivity contribution in [3.8, 4) is 0 Å². The maximum absolute atomic E-state index is 13.1. The number of rotatable bonds is 1. The fourth-order valence-electron chi connectivity index (χ4n) is 1.40. The Morgan fingerprint density at radius 1 is 1.50 bits per heavy atom. The first-order valence-electron chi connectivity index (χ1n) is 4.39. The quantitative estimate of drug-likeness (QED) is 0.689. The zero-order valence-electron chi connectivity index (χ0n) is 7.70. The summed E-state index contributed by atoms with van der Waals surface area (Å²) >= 11 is 0. The van der Waals surface area contributed by atoms with Crippen LogP contribution in [-0.2, 0) is 6.42 Å². The fourth-order valence-corrected chi connectivity index (χ4v) is 1.40. The molecule has 0 unspecified atom stereocenters. The third-order valence-corrected chi connectivity index (χ3v) is 2.21. The molecule has 0 aliphatic heterocycles. The minimum Gasteiger partial charge on any atom is -0.267 e. The first kappa shape index (κ1) is 8.87. The van der Waals surface area contributed by atoms with E-state index in [9.17, 15) is 9.28 Å². The van der Waals surface area contributed by atoms with Crippen molar-refractivity contribution in [2.75, 3.05) is 0 Å². The normalized spacial score (nSPS) is 10.7. The van der Waals surface area contributed by atoms with Gasteiger partial charge in [0.2, 0.25) is 0 Å². The minimum absolute atomic E-state index is 0.266. The molecule has 0 fully saturated rings. The van der Waals surface area contributed by atoms with Crippen molar-refractivity contribution >= 4 is 10.9 Å². The third-order valence-electron chi connectivity index (χ3n) is 2.21. The molecule has 1 aromatic heterocycles. The second kappa shape index (κ2) is 3.21. The SMILES string of the molecule is CCc1ccc2c(c1)c(=O)ncn2F. The Kier molecular flexibility index (Phi) is 2.04. The number of fused-ring (bicyclic) bond motifs is 1. The summed E-state index contributed by atoms with van der Waals surface area (Å²) in [6.45, 7) is 1.98. The maximum atomic E-state index is 13.1. The molecule has 14 heavy (non-hydrogen) atoms. The largest absolute Gasteiger partial charge is 0.280 e. The van der Waals surface area contributed by atoms with Gasteiger partial charge in [-0.25, -0.2) is 0 Å². The van der Waals surface area contributed by atoms with Gasteiger partial charge in [0.15, 0.2) is 0 Å². The summed E-state index contributed by atoms with van der Waals surface area (Å²) in [6.07, 6.45) is 1.70. The molecule has 2 aromatic rings. The molecule has 0 amide bonds. The monoisotopic (exact) mass is 192 g/mol. The van der Waals surface area contributed by atoms with Crippen LogP contribution in [0.5, 0.6) is 0 Å². The van der Waals surface area contributed by atoms with Gasteiger partial charge in [-0.05, 0) is 24.1 Å². The number of aromatic nitrogens is 2. The highest BCUT2D eigenvalue weighted by Gasteiger charge is 2.03. The van der Waals surface area contributed by atoms with Gasteiger partial charge < -0.3 is 0 Å². The van der Waals surface area contributed by atoms with Crippen molar-refractivity contribution in [3.63, 3.8) is 0 Å². The van der Waals surface area contributed by atoms with E-state index in [-0.39, 0.29) is 11.1 Å². The van der Waals surface area contributed by atoms with Crippen LogP contribution >= 0.6 is 0 Å². The fraction of sp³-hybridized carbons (Fsp3) is 0.200. The van der Waals surface area contributed by atoms with Crippen LogP contribution in [0.15, 0.2) is 29.3 Å². The highest BCUT2D eigenvalue weighted by molar-refractivity contribution is 5.78. The standard InChI is InChI=1S/C10H9FN2O/c1-2-7-3-4-9-8(5-7)10(14)12-6-13(9)11/h3-6H,2H2,1H3. The summed E-state index contributed by atoms with van der Waals surface area (Å²) in [5.41, 5.74) is 0.883. The van der Waals surface area contributed by atoms with Crippen molar-refractivity contribution < 1.29 is 4.48 Å². The van der Waals surface area contributed by atoms with Gasteiger partial charge in [0.25, 0.3) is 5.56 Å². The topological polar surface area (TPSA) is 34.9 Å². The van der Waals surface area contributed by atoms with Crippen LogP contribution < -0.4 is 5.56 Å². The molecule has 0 atom stereocenters. The minimum atomic E-state index is -0.385. The molecule has 1 heterocycles. The predicted octanol–water partition coefficient (Wildman–Crippen LogP) is 1.69. The van der Waals surface area contributed by atoms with Gasteiger partial charge in [-0.1, -0.05) is 17.5 Å². The van der Waals surface area contributed by atoms with E-state index in [1.807, 2.05) is 6.92 Å². The number of nitrogens with zero attached hydrogens (tertiary/aromatic N) is 2. The average Bonchev–Trinajstić information content (AvgIpc) is 2.23. The molecule has 0 aliphatic rings. The molecular weight excluding hydrogens is 183 g/mol. The van der Waals surface area contributed by atoms with Crippen molar-refractivity contribution in [3.05, 3.63) is 40.4 Å².